The molecule has 0 amide bonds. The van der Waals surface area contributed by atoms with Gasteiger partial charge in [-0.15, -0.1) is 0 Å². The molecule has 2 heteroatoms. The topological polar surface area (TPSA) is 15.8 Å². The van der Waals surface area contributed by atoms with E-state index >= 15 is 4.39 Å². The van der Waals surface area contributed by atoms with Gasteiger partial charge >= 0.3 is 0 Å². The van der Waals surface area contributed by atoms with E-state index in [4.69, 9.17) is 0 Å². The third kappa shape index (κ3) is 4.02. The Morgan fingerprint density at radius 2 is 1.06 bits per heavy atom. The van der Waals surface area contributed by atoms with Crippen LogP contribution >= 0.6 is 0 Å². The van der Waals surface area contributed by atoms with Crippen LogP contribution in [0.25, 0.3) is 21.8 Å². The van der Waals surface area contributed by atoms with Crippen molar-refractivity contribution in [2.45, 2.75) is 126 Å². The highest BCUT2D eigenvalue weighted by atomic mass is 19.1. The number of unbranched alkanes of at least 4 members (excludes halogenated alkanes) is 1. The fraction of sp³-hybridized carbons (Fsp3) is 0.613. The van der Waals surface area contributed by atoms with E-state index < -0.39 is 0 Å². The van der Waals surface area contributed by atoms with E-state index in [2.05, 4.69) is 67.3 Å². The molecule has 1 nitrogen and oxygen atoms in total. The number of hydrogen-bond acceptors (Lipinski definition) is 0. The van der Waals surface area contributed by atoms with Crippen LogP contribution in [0.1, 0.15) is 121 Å². The first-order valence-corrected chi connectivity index (χ1v) is 13.6. The number of aryl methyl sites for hydroxylation is 4. The van der Waals surface area contributed by atoms with Crippen molar-refractivity contribution in [1.82, 2.24) is 4.98 Å². The van der Waals surface area contributed by atoms with Crippen LogP contribution in [-0.2, 0) is 43.9 Å². The van der Waals surface area contributed by atoms with Crippen molar-refractivity contribution in [3.05, 3.63) is 44.8 Å². The highest BCUT2D eigenvalue weighted by Crippen LogP contribution is 2.45. The molecule has 0 saturated carbocycles. The lowest BCUT2D eigenvalue weighted by molar-refractivity contribution is 0.428. The van der Waals surface area contributed by atoms with E-state index in [1.807, 2.05) is 0 Å². The molecular weight excluding hydrogens is 405 g/mol. The third-order valence-electron chi connectivity index (χ3n) is 8.04. The summed E-state index contributed by atoms with van der Waals surface area (Å²) in [5, 5.41) is 2.47. The molecule has 0 aliphatic rings. The van der Waals surface area contributed by atoms with Gasteiger partial charge in [0, 0.05) is 10.8 Å². The summed E-state index contributed by atoms with van der Waals surface area (Å²) in [7, 11) is 0. The smallest absolute Gasteiger partial charge is 0.131 e. The summed E-state index contributed by atoms with van der Waals surface area (Å²) in [4.78, 5) is 3.92. The van der Waals surface area contributed by atoms with Crippen molar-refractivity contribution < 1.29 is 4.39 Å². The Bertz CT molecular complexity index is 1150. The number of nitrogens with one attached hydrogen (secondary N) is 1. The van der Waals surface area contributed by atoms with Crippen molar-refractivity contribution in [3.63, 3.8) is 0 Å². The van der Waals surface area contributed by atoms with Gasteiger partial charge < -0.3 is 4.98 Å². The Balaban J connectivity index is 2.63. The average molecular weight is 452 g/mol. The van der Waals surface area contributed by atoms with Gasteiger partial charge in [-0.3, -0.25) is 0 Å². The molecule has 0 unspecified atom stereocenters. The minimum Gasteiger partial charge on any atom is -0.354 e. The molecule has 0 fully saturated rings. The molecule has 0 bridgehead atoms. The quantitative estimate of drug-likeness (QED) is 0.316. The molecule has 2 aromatic carbocycles. The normalized spacial score (nSPS) is 12.4. The highest BCUT2D eigenvalue weighted by molar-refractivity contribution is 6.13. The molecule has 3 rings (SSSR count). The van der Waals surface area contributed by atoms with Crippen LogP contribution in [0.3, 0.4) is 0 Å². The van der Waals surface area contributed by atoms with Crippen LogP contribution < -0.4 is 0 Å². The predicted molar refractivity (Wildman–Crippen MR) is 145 cm³/mol. The van der Waals surface area contributed by atoms with Gasteiger partial charge in [0.2, 0.25) is 0 Å². The first-order chi connectivity index (χ1) is 15.8. The molecule has 0 saturated heterocycles. The zero-order chi connectivity index (χ0) is 24.5. The maximum Gasteiger partial charge on any atom is 0.131 e. The SMILES string of the molecule is CCCCC(C)(C)c1c(F)c(CC)c2c([nH]c3c(CC)c(CC)c(CC)c(CC)c32)c1CC. The molecule has 0 aliphatic carbocycles. The van der Waals surface area contributed by atoms with E-state index in [0.717, 1.165) is 68.9 Å². The lowest BCUT2D eigenvalue weighted by atomic mass is 9.75. The van der Waals surface area contributed by atoms with E-state index in [0.29, 0.717) is 0 Å². The molecule has 1 N–H and O–H groups in total. The first-order valence-electron chi connectivity index (χ1n) is 13.6. The second kappa shape index (κ2) is 10.2. The van der Waals surface area contributed by atoms with Gasteiger partial charge in [0.05, 0.1) is 11.0 Å². The summed E-state index contributed by atoms with van der Waals surface area (Å²) in [5.74, 6) is 0.0570. The maximum absolute atomic E-state index is 16.5. The number of rotatable bonds is 10. The van der Waals surface area contributed by atoms with Crippen LogP contribution in [0.4, 0.5) is 4.39 Å². The van der Waals surface area contributed by atoms with Gasteiger partial charge in [0.15, 0.2) is 0 Å². The second-order valence-corrected chi connectivity index (χ2v) is 10.3. The van der Waals surface area contributed by atoms with E-state index in [-0.39, 0.29) is 11.2 Å². The minimum atomic E-state index is -0.175. The van der Waals surface area contributed by atoms with Gasteiger partial charge in [-0.1, -0.05) is 75.2 Å². The van der Waals surface area contributed by atoms with Gasteiger partial charge in [0.1, 0.15) is 5.82 Å². The number of halogens is 1. The van der Waals surface area contributed by atoms with Gasteiger partial charge in [-0.05, 0) is 89.3 Å². The Hall–Kier alpha value is -1.83. The van der Waals surface area contributed by atoms with Crippen molar-refractivity contribution in [2.24, 2.45) is 0 Å². The van der Waals surface area contributed by atoms with E-state index in [9.17, 15) is 0 Å². The van der Waals surface area contributed by atoms with Crippen LogP contribution in [0.5, 0.6) is 0 Å². The highest BCUT2D eigenvalue weighted by Gasteiger charge is 2.32. The van der Waals surface area contributed by atoms with Crippen molar-refractivity contribution in [1.29, 1.82) is 0 Å². The monoisotopic (exact) mass is 451 g/mol. The Kier molecular flexibility index (Phi) is 7.97. The number of fused-ring (bicyclic) bond motifs is 3. The Morgan fingerprint density at radius 3 is 1.55 bits per heavy atom. The van der Waals surface area contributed by atoms with Gasteiger partial charge in [-0.25, -0.2) is 4.39 Å². The number of aromatic amines is 1. The molecule has 1 heterocycles. The van der Waals surface area contributed by atoms with Crippen LogP contribution in [0, 0.1) is 5.82 Å². The average Bonchev–Trinajstić information content (AvgIpc) is 3.19. The standard InChI is InChI=1S/C31H46FN/c1-10-17-18-31(8,9)27-24(16-7)30-26(23(15-6)28(27)32)25-21(13-4)19(11-2)20(12-3)22(14-5)29(25)33-30/h33H,10-18H2,1-9H3. The Morgan fingerprint density at radius 1 is 0.606 bits per heavy atom. The summed E-state index contributed by atoms with van der Waals surface area (Å²) < 4.78 is 16.5. The van der Waals surface area contributed by atoms with Crippen molar-refractivity contribution >= 4 is 21.8 Å². The van der Waals surface area contributed by atoms with Gasteiger partial charge in [-0.2, -0.15) is 0 Å². The lowest BCUT2D eigenvalue weighted by Gasteiger charge is -2.30. The molecule has 1 aromatic heterocycles. The number of aromatic nitrogens is 1. The fourth-order valence-electron chi connectivity index (χ4n) is 6.51. The van der Waals surface area contributed by atoms with E-state index in [1.165, 1.54) is 49.6 Å². The lowest BCUT2D eigenvalue weighted by Crippen LogP contribution is -2.22. The summed E-state index contributed by atoms with van der Waals surface area (Å²) in [6.07, 6.45) is 8.93. The molecule has 0 aliphatic heterocycles. The van der Waals surface area contributed by atoms with E-state index in [1.54, 1.807) is 0 Å². The Labute approximate surface area is 201 Å². The third-order valence-corrected chi connectivity index (χ3v) is 8.04. The summed E-state index contributed by atoms with van der Waals surface area (Å²) in [5.41, 5.74) is 11.2. The van der Waals surface area contributed by atoms with Crippen LogP contribution in [0.15, 0.2) is 0 Å². The van der Waals surface area contributed by atoms with Crippen LogP contribution in [-0.4, -0.2) is 4.98 Å². The first kappa shape index (κ1) is 25.8. The number of hydrogen-bond donors (Lipinski definition) is 1. The van der Waals surface area contributed by atoms with Crippen LogP contribution in [0.2, 0.25) is 0 Å². The largest absolute Gasteiger partial charge is 0.354 e. The molecule has 0 atom stereocenters. The molecule has 33 heavy (non-hydrogen) atoms. The summed E-state index contributed by atoms with van der Waals surface area (Å²) >= 11 is 0. The number of benzene rings is 2. The molecule has 0 radical (unpaired) electrons. The second-order valence-electron chi connectivity index (χ2n) is 10.3. The molecule has 3 aromatic rings. The number of H-pyrrole nitrogens is 1. The summed E-state index contributed by atoms with van der Waals surface area (Å²) in [6, 6.07) is 0. The van der Waals surface area contributed by atoms with Gasteiger partial charge in [0.25, 0.3) is 0 Å². The maximum atomic E-state index is 16.5. The summed E-state index contributed by atoms with van der Waals surface area (Å²) in [6.45, 7) is 20.1. The fourth-order valence-corrected chi connectivity index (χ4v) is 6.51. The zero-order valence-electron chi connectivity index (χ0n) is 22.7. The molecular formula is C31H46FN. The predicted octanol–water partition coefficient (Wildman–Crippen LogP) is 9.30. The molecule has 182 valence electrons. The van der Waals surface area contributed by atoms with Crippen molar-refractivity contribution in [2.75, 3.05) is 0 Å². The minimum absolute atomic E-state index is 0.0570. The molecule has 0 spiro atoms. The van der Waals surface area contributed by atoms with Crippen molar-refractivity contribution in [3.8, 4) is 0 Å². The zero-order valence-corrected chi connectivity index (χ0v) is 22.7.